The number of aliphatic hydroxyl groups excluding tert-OH is 1. The van der Waals surface area contributed by atoms with Gasteiger partial charge in [-0.3, -0.25) is 9.69 Å². The average Bonchev–Trinajstić information content (AvgIpc) is 2.33. The molecule has 2 aliphatic rings. The molecule has 0 aromatic heterocycles. The lowest BCUT2D eigenvalue weighted by Gasteiger charge is -2.53. The smallest absolute Gasteiger partial charge is 0.242 e. The summed E-state index contributed by atoms with van der Waals surface area (Å²) in [5, 5.41) is 9.62. The molecule has 18 heavy (non-hydrogen) atoms. The number of aliphatic hydroxyl groups is 1. The SMILES string of the molecule is CN1CC(C)(C)N(C2CCCCC2)C(CO)C1=O. The monoisotopic (exact) mass is 254 g/mol. The van der Waals surface area contributed by atoms with Crippen molar-refractivity contribution < 1.29 is 9.90 Å². The minimum absolute atomic E-state index is 0.0436. The third-order valence-corrected chi connectivity index (χ3v) is 4.46. The Kier molecular flexibility index (Phi) is 3.97. The number of likely N-dealkylation sites (N-methyl/N-ethyl adjacent to an activating group) is 1. The summed E-state index contributed by atoms with van der Waals surface area (Å²) in [6.45, 7) is 5.06. The summed E-state index contributed by atoms with van der Waals surface area (Å²) in [4.78, 5) is 16.3. The number of piperazine rings is 1. The summed E-state index contributed by atoms with van der Waals surface area (Å²) in [6.07, 6.45) is 6.13. The zero-order valence-corrected chi connectivity index (χ0v) is 11.9. The number of amides is 1. The molecule has 1 unspecified atom stereocenters. The van der Waals surface area contributed by atoms with E-state index in [1.165, 1.54) is 19.3 Å². The van der Waals surface area contributed by atoms with Crippen molar-refractivity contribution in [1.29, 1.82) is 0 Å². The molecular weight excluding hydrogens is 228 g/mol. The summed E-state index contributed by atoms with van der Waals surface area (Å²) >= 11 is 0. The lowest BCUT2D eigenvalue weighted by molar-refractivity contribution is -0.155. The molecule has 1 aliphatic heterocycles. The highest BCUT2D eigenvalue weighted by Gasteiger charge is 2.46. The van der Waals surface area contributed by atoms with Gasteiger partial charge in [0, 0.05) is 25.2 Å². The Hall–Kier alpha value is -0.610. The van der Waals surface area contributed by atoms with Crippen molar-refractivity contribution in [2.24, 2.45) is 0 Å². The van der Waals surface area contributed by atoms with Crippen molar-refractivity contribution in [3.05, 3.63) is 0 Å². The minimum Gasteiger partial charge on any atom is -0.394 e. The molecule has 0 aromatic carbocycles. The highest BCUT2D eigenvalue weighted by atomic mass is 16.3. The first-order valence-electron chi connectivity index (χ1n) is 7.11. The van der Waals surface area contributed by atoms with Gasteiger partial charge >= 0.3 is 0 Å². The van der Waals surface area contributed by atoms with Crippen LogP contribution in [0.25, 0.3) is 0 Å². The second-order valence-corrected chi connectivity index (χ2v) is 6.40. The third-order valence-electron chi connectivity index (χ3n) is 4.46. The number of carbonyl (C=O) groups excluding carboxylic acids is 1. The molecule has 2 rings (SSSR count). The second kappa shape index (κ2) is 5.17. The van der Waals surface area contributed by atoms with Crippen molar-refractivity contribution in [1.82, 2.24) is 9.80 Å². The zero-order chi connectivity index (χ0) is 13.3. The first-order valence-corrected chi connectivity index (χ1v) is 7.11. The molecule has 104 valence electrons. The van der Waals surface area contributed by atoms with Crippen LogP contribution in [0.4, 0.5) is 0 Å². The van der Waals surface area contributed by atoms with Crippen LogP contribution in [0.2, 0.25) is 0 Å². The summed E-state index contributed by atoms with van der Waals surface area (Å²) in [7, 11) is 1.84. The molecule has 0 spiro atoms. The zero-order valence-electron chi connectivity index (χ0n) is 11.9. The summed E-state index contributed by atoms with van der Waals surface area (Å²) in [6, 6.07) is 0.116. The summed E-state index contributed by atoms with van der Waals surface area (Å²) < 4.78 is 0. The highest BCUT2D eigenvalue weighted by Crippen LogP contribution is 2.33. The molecule has 1 saturated heterocycles. The minimum atomic E-state index is -0.346. The quantitative estimate of drug-likeness (QED) is 0.806. The first-order chi connectivity index (χ1) is 8.47. The van der Waals surface area contributed by atoms with Crippen LogP contribution in [0.1, 0.15) is 46.0 Å². The van der Waals surface area contributed by atoms with Gasteiger partial charge in [0.15, 0.2) is 0 Å². The van der Waals surface area contributed by atoms with Crippen LogP contribution >= 0.6 is 0 Å². The van der Waals surface area contributed by atoms with Crippen molar-refractivity contribution in [2.45, 2.75) is 63.6 Å². The maximum Gasteiger partial charge on any atom is 0.242 e. The van der Waals surface area contributed by atoms with Gasteiger partial charge in [0.05, 0.1) is 6.61 Å². The van der Waals surface area contributed by atoms with Crippen molar-refractivity contribution in [3.8, 4) is 0 Å². The van der Waals surface area contributed by atoms with Gasteiger partial charge in [0.1, 0.15) is 6.04 Å². The van der Waals surface area contributed by atoms with E-state index in [2.05, 4.69) is 18.7 Å². The Morgan fingerprint density at radius 3 is 2.44 bits per heavy atom. The summed E-state index contributed by atoms with van der Waals surface area (Å²) in [5.74, 6) is 0.0717. The molecule has 1 saturated carbocycles. The van der Waals surface area contributed by atoms with Gasteiger partial charge in [-0.1, -0.05) is 19.3 Å². The molecule has 1 aliphatic carbocycles. The van der Waals surface area contributed by atoms with Gasteiger partial charge in [0.2, 0.25) is 5.91 Å². The Morgan fingerprint density at radius 2 is 1.89 bits per heavy atom. The van der Waals surface area contributed by atoms with Gasteiger partial charge in [-0.25, -0.2) is 0 Å². The van der Waals surface area contributed by atoms with Gasteiger partial charge in [-0.2, -0.15) is 0 Å². The van der Waals surface area contributed by atoms with Crippen LogP contribution in [0.3, 0.4) is 0 Å². The lowest BCUT2D eigenvalue weighted by Crippen LogP contribution is -2.69. The van der Waals surface area contributed by atoms with Crippen LogP contribution in [-0.2, 0) is 4.79 Å². The topological polar surface area (TPSA) is 43.8 Å². The molecule has 1 N–H and O–H groups in total. The van der Waals surface area contributed by atoms with Crippen LogP contribution in [0, 0.1) is 0 Å². The normalized spacial score (nSPS) is 30.8. The molecule has 1 amide bonds. The maximum absolute atomic E-state index is 12.2. The Labute approximate surface area is 110 Å². The van der Waals surface area contributed by atoms with E-state index in [1.807, 2.05) is 7.05 Å². The molecule has 1 atom stereocenters. The molecule has 4 nitrogen and oxygen atoms in total. The van der Waals surface area contributed by atoms with E-state index in [9.17, 15) is 9.90 Å². The van der Waals surface area contributed by atoms with Crippen LogP contribution in [-0.4, -0.2) is 58.6 Å². The van der Waals surface area contributed by atoms with Gasteiger partial charge < -0.3 is 10.0 Å². The summed E-state index contributed by atoms with van der Waals surface area (Å²) in [5.41, 5.74) is -0.0436. The number of hydrogen-bond donors (Lipinski definition) is 1. The first kappa shape index (κ1) is 13.8. The van der Waals surface area contributed by atoms with E-state index in [0.717, 1.165) is 19.4 Å². The lowest BCUT2D eigenvalue weighted by atomic mass is 9.86. The van der Waals surface area contributed by atoms with Crippen LogP contribution in [0.15, 0.2) is 0 Å². The Morgan fingerprint density at radius 1 is 1.28 bits per heavy atom. The van der Waals surface area contributed by atoms with E-state index in [4.69, 9.17) is 0 Å². The van der Waals surface area contributed by atoms with Gasteiger partial charge in [0.25, 0.3) is 0 Å². The average molecular weight is 254 g/mol. The Balaban J connectivity index is 2.24. The van der Waals surface area contributed by atoms with Gasteiger partial charge in [-0.05, 0) is 26.7 Å². The van der Waals surface area contributed by atoms with E-state index in [1.54, 1.807) is 4.90 Å². The second-order valence-electron chi connectivity index (χ2n) is 6.40. The fraction of sp³-hybridized carbons (Fsp3) is 0.929. The predicted octanol–water partition coefficient (Wildman–Crippen LogP) is 1.23. The van der Waals surface area contributed by atoms with E-state index in [-0.39, 0.29) is 24.1 Å². The Bertz CT molecular complexity index is 311. The number of nitrogens with zero attached hydrogens (tertiary/aromatic N) is 2. The van der Waals surface area contributed by atoms with Crippen LogP contribution < -0.4 is 0 Å². The van der Waals surface area contributed by atoms with Crippen molar-refractivity contribution >= 4 is 5.91 Å². The fourth-order valence-corrected chi connectivity index (χ4v) is 3.81. The van der Waals surface area contributed by atoms with E-state index in [0.29, 0.717) is 6.04 Å². The van der Waals surface area contributed by atoms with Gasteiger partial charge in [-0.15, -0.1) is 0 Å². The molecular formula is C14H26N2O2. The number of hydrogen-bond acceptors (Lipinski definition) is 3. The van der Waals surface area contributed by atoms with Crippen molar-refractivity contribution in [3.63, 3.8) is 0 Å². The van der Waals surface area contributed by atoms with Crippen LogP contribution in [0.5, 0.6) is 0 Å². The molecule has 4 heteroatoms. The molecule has 0 bridgehead atoms. The van der Waals surface area contributed by atoms with E-state index < -0.39 is 0 Å². The predicted molar refractivity (Wildman–Crippen MR) is 71.3 cm³/mol. The molecule has 2 fully saturated rings. The largest absolute Gasteiger partial charge is 0.394 e. The highest BCUT2D eigenvalue weighted by molar-refractivity contribution is 5.83. The molecule has 0 radical (unpaired) electrons. The standard InChI is InChI=1S/C14H26N2O2/c1-14(2)10-15(3)13(18)12(9-17)16(14)11-7-5-4-6-8-11/h11-12,17H,4-10H2,1-3H3. The molecule has 1 heterocycles. The number of rotatable bonds is 2. The molecule has 0 aromatic rings. The van der Waals surface area contributed by atoms with Crippen molar-refractivity contribution in [2.75, 3.05) is 20.2 Å². The fourth-order valence-electron chi connectivity index (χ4n) is 3.81. The van der Waals surface area contributed by atoms with E-state index >= 15 is 0 Å². The third kappa shape index (κ3) is 2.41. The maximum atomic E-state index is 12.2. The number of carbonyl (C=O) groups is 1.